The van der Waals surface area contributed by atoms with Gasteiger partial charge >= 0.3 is 0 Å². The smallest absolute Gasteiger partial charge is 0.0344 e. The molecule has 0 fully saturated rings. The molecule has 3 N–H and O–H groups in total. The maximum atomic E-state index is 5.68. The fourth-order valence-corrected chi connectivity index (χ4v) is 2.48. The highest BCUT2D eigenvalue weighted by Gasteiger charge is 2.20. The van der Waals surface area contributed by atoms with Crippen LogP contribution >= 0.6 is 0 Å². The van der Waals surface area contributed by atoms with Crippen LogP contribution in [0.1, 0.15) is 11.1 Å². The molecule has 0 aliphatic heterocycles. The third-order valence-electron chi connectivity index (χ3n) is 3.33. The van der Waals surface area contributed by atoms with Crippen molar-refractivity contribution in [3.8, 4) is 0 Å². The van der Waals surface area contributed by atoms with E-state index < -0.39 is 0 Å². The van der Waals surface area contributed by atoms with Crippen LogP contribution in [0.2, 0.25) is 0 Å². The van der Waals surface area contributed by atoms with Crippen molar-refractivity contribution in [1.29, 1.82) is 0 Å². The Bertz CT molecular complexity index is 492. The fourth-order valence-electron chi connectivity index (χ4n) is 2.48. The lowest BCUT2D eigenvalue weighted by atomic mass is 10.1. The molecule has 1 aliphatic carbocycles. The number of hydrogen-bond donors (Lipinski definition) is 2. The molecule has 17 heavy (non-hydrogen) atoms. The van der Waals surface area contributed by atoms with Gasteiger partial charge in [0.2, 0.25) is 0 Å². The average Bonchev–Trinajstić information content (AvgIpc) is 2.74. The molecule has 0 spiro atoms. The van der Waals surface area contributed by atoms with Crippen LogP contribution in [0.5, 0.6) is 0 Å². The van der Waals surface area contributed by atoms with Gasteiger partial charge in [0, 0.05) is 17.4 Å². The Labute approximate surface area is 101 Å². The minimum Gasteiger partial charge on any atom is -0.399 e. The number of hydrogen-bond acceptors (Lipinski definition) is 2. The Hall–Kier alpha value is -1.96. The van der Waals surface area contributed by atoms with Gasteiger partial charge in [-0.2, -0.15) is 0 Å². The van der Waals surface area contributed by atoms with Crippen LogP contribution in [-0.2, 0) is 12.8 Å². The van der Waals surface area contributed by atoms with Crippen molar-refractivity contribution in [1.82, 2.24) is 0 Å². The Morgan fingerprint density at radius 2 is 1.47 bits per heavy atom. The van der Waals surface area contributed by atoms with Crippen molar-refractivity contribution in [2.75, 3.05) is 11.1 Å². The highest BCUT2D eigenvalue weighted by Crippen LogP contribution is 2.24. The number of nitrogen functional groups attached to an aromatic ring is 1. The summed E-state index contributed by atoms with van der Waals surface area (Å²) in [7, 11) is 0. The summed E-state index contributed by atoms with van der Waals surface area (Å²) in [5.74, 6) is 0. The molecule has 2 aromatic carbocycles. The predicted octanol–water partition coefficient (Wildman–Crippen LogP) is 2.85. The molecule has 0 unspecified atom stereocenters. The summed E-state index contributed by atoms with van der Waals surface area (Å²) in [5, 5.41) is 3.56. The summed E-state index contributed by atoms with van der Waals surface area (Å²) in [6.45, 7) is 0. The number of rotatable bonds is 2. The van der Waals surface area contributed by atoms with Crippen molar-refractivity contribution < 1.29 is 0 Å². The zero-order valence-corrected chi connectivity index (χ0v) is 9.69. The van der Waals surface area contributed by atoms with E-state index in [1.807, 2.05) is 24.3 Å². The van der Waals surface area contributed by atoms with E-state index >= 15 is 0 Å². The van der Waals surface area contributed by atoms with Gasteiger partial charge in [-0.15, -0.1) is 0 Å². The number of fused-ring (bicyclic) bond motifs is 1. The summed E-state index contributed by atoms with van der Waals surface area (Å²) in [6, 6.07) is 17.1. The van der Waals surface area contributed by atoms with Gasteiger partial charge in [-0.1, -0.05) is 24.3 Å². The van der Waals surface area contributed by atoms with E-state index in [0.717, 1.165) is 24.2 Å². The molecular weight excluding hydrogens is 208 g/mol. The molecule has 0 heterocycles. The lowest BCUT2D eigenvalue weighted by Gasteiger charge is -2.13. The molecule has 0 amide bonds. The maximum absolute atomic E-state index is 5.68. The van der Waals surface area contributed by atoms with Crippen LogP contribution in [-0.4, -0.2) is 6.04 Å². The number of nitrogens with two attached hydrogens (primary N) is 1. The summed E-state index contributed by atoms with van der Waals surface area (Å²) in [4.78, 5) is 0. The summed E-state index contributed by atoms with van der Waals surface area (Å²) in [6.07, 6.45) is 2.22. The molecule has 0 bridgehead atoms. The number of nitrogens with one attached hydrogen (secondary N) is 1. The van der Waals surface area contributed by atoms with E-state index in [-0.39, 0.29) is 0 Å². The largest absolute Gasteiger partial charge is 0.399 e. The monoisotopic (exact) mass is 224 g/mol. The molecule has 86 valence electrons. The highest BCUT2D eigenvalue weighted by molar-refractivity contribution is 5.52. The van der Waals surface area contributed by atoms with Gasteiger partial charge in [0.1, 0.15) is 0 Å². The molecule has 2 heteroatoms. The standard InChI is InChI=1S/C15H16N2/c16-13-5-7-14(8-6-13)17-15-9-11-3-1-2-4-12(11)10-15/h1-8,15,17H,9-10,16H2. The molecule has 0 saturated heterocycles. The van der Waals surface area contributed by atoms with Crippen molar-refractivity contribution in [3.05, 3.63) is 59.7 Å². The topological polar surface area (TPSA) is 38.0 Å². The van der Waals surface area contributed by atoms with Gasteiger partial charge in [-0.05, 0) is 48.2 Å². The molecule has 1 aliphatic rings. The number of benzene rings is 2. The minimum atomic E-state index is 0.510. The zero-order chi connectivity index (χ0) is 11.7. The molecule has 2 nitrogen and oxygen atoms in total. The fraction of sp³-hybridized carbons (Fsp3) is 0.200. The molecular formula is C15H16N2. The van der Waals surface area contributed by atoms with Crippen LogP contribution in [0.4, 0.5) is 11.4 Å². The first-order valence-corrected chi connectivity index (χ1v) is 6.00. The molecule has 0 atom stereocenters. The molecule has 2 aromatic rings. The van der Waals surface area contributed by atoms with E-state index in [2.05, 4.69) is 29.6 Å². The second-order valence-electron chi connectivity index (χ2n) is 4.64. The van der Waals surface area contributed by atoms with Crippen molar-refractivity contribution >= 4 is 11.4 Å². The van der Waals surface area contributed by atoms with Crippen molar-refractivity contribution in [2.45, 2.75) is 18.9 Å². The predicted molar refractivity (Wildman–Crippen MR) is 72.1 cm³/mol. The molecule has 0 saturated carbocycles. The second-order valence-corrected chi connectivity index (χ2v) is 4.64. The lowest BCUT2D eigenvalue weighted by molar-refractivity contribution is 0.774. The van der Waals surface area contributed by atoms with E-state index in [4.69, 9.17) is 5.73 Å². The second kappa shape index (κ2) is 4.13. The Kier molecular flexibility index (Phi) is 2.48. The maximum Gasteiger partial charge on any atom is 0.0344 e. The Balaban J connectivity index is 1.71. The third-order valence-corrected chi connectivity index (χ3v) is 3.33. The van der Waals surface area contributed by atoms with Gasteiger partial charge in [-0.3, -0.25) is 0 Å². The van der Waals surface area contributed by atoms with Gasteiger partial charge in [0.25, 0.3) is 0 Å². The number of anilines is 2. The van der Waals surface area contributed by atoms with E-state index in [9.17, 15) is 0 Å². The molecule has 0 aromatic heterocycles. The van der Waals surface area contributed by atoms with Crippen LogP contribution in [0.15, 0.2) is 48.5 Å². The summed E-state index contributed by atoms with van der Waals surface area (Å²) >= 11 is 0. The van der Waals surface area contributed by atoms with Crippen LogP contribution in [0, 0.1) is 0 Å². The Morgan fingerprint density at radius 1 is 0.882 bits per heavy atom. The average molecular weight is 224 g/mol. The van der Waals surface area contributed by atoms with Crippen LogP contribution in [0.3, 0.4) is 0 Å². The van der Waals surface area contributed by atoms with E-state index in [0.29, 0.717) is 6.04 Å². The molecule has 0 radical (unpaired) electrons. The molecule has 3 rings (SSSR count). The quantitative estimate of drug-likeness (QED) is 0.770. The normalized spacial score (nSPS) is 14.6. The SMILES string of the molecule is Nc1ccc(NC2Cc3ccccc3C2)cc1. The van der Waals surface area contributed by atoms with Crippen LogP contribution in [0.25, 0.3) is 0 Å². The van der Waals surface area contributed by atoms with Gasteiger partial charge in [-0.25, -0.2) is 0 Å². The van der Waals surface area contributed by atoms with Crippen molar-refractivity contribution in [3.63, 3.8) is 0 Å². The lowest BCUT2D eigenvalue weighted by Crippen LogP contribution is -2.19. The third kappa shape index (κ3) is 2.11. The van der Waals surface area contributed by atoms with Gasteiger partial charge in [0.05, 0.1) is 0 Å². The first-order chi connectivity index (χ1) is 8.31. The zero-order valence-electron chi connectivity index (χ0n) is 9.69. The Morgan fingerprint density at radius 3 is 2.06 bits per heavy atom. The van der Waals surface area contributed by atoms with Gasteiger partial charge in [0.15, 0.2) is 0 Å². The minimum absolute atomic E-state index is 0.510. The highest BCUT2D eigenvalue weighted by atomic mass is 14.9. The van der Waals surface area contributed by atoms with E-state index in [1.54, 1.807) is 0 Å². The van der Waals surface area contributed by atoms with Crippen LogP contribution < -0.4 is 11.1 Å². The van der Waals surface area contributed by atoms with E-state index in [1.165, 1.54) is 11.1 Å². The summed E-state index contributed by atoms with van der Waals surface area (Å²) in [5.41, 5.74) is 10.6. The van der Waals surface area contributed by atoms with Gasteiger partial charge < -0.3 is 11.1 Å². The first-order valence-electron chi connectivity index (χ1n) is 6.00. The van der Waals surface area contributed by atoms with Crippen molar-refractivity contribution in [2.24, 2.45) is 0 Å². The first kappa shape index (κ1) is 10.2. The summed E-state index contributed by atoms with van der Waals surface area (Å²) < 4.78 is 0.